The first kappa shape index (κ1) is 15.4. The van der Waals surface area contributed by atoms with Crippen molar-refractivity contribution < 1.29 is 9.42 Å². The van der Waals surface area contributed by atoms with Crippen LogP contribution in [-0.2, 0) is 6.54 Å². The number of hydrogen-bond acceptors (Lipinski definition) is 9. The zero-order chi connectivity index (χ0) is 16.4. The number of rotatable bonds is 4. The molecule has 5 N–H and O–H groups in total. The number of nitrogens with two attached hydrogens (primary N) is 2. The van der Waals surface area contributed by atoms with Crippen molar-refractivity contribution in [3.63, 3.8) is 0 Å². The number of nitrogens with zero attached hydrogens (tertiary/aromatic N) is 6. The van der Waals surface area contributed by atoms with E-state index in [2.05, 4.69) is 42.5 Å². The Morgan fingerprint density at radius 1 is 1.48 bits per heavy atom. The number of amides is 1. The average Bonchev–Trinajstić information content (AvgIpc) is 3.12. The van der Waals surface area contributed by atoms with E-state index in [4.69, 9.17) is 11.6 Å². The molecule has 1 atom stereocenters. The monoisotopic (exact) mass is 321 g/mol. The Morgan fingerprint density at radius 2 is 2.30 bits per heavy atom. The molecule has 0 aromatic carbocycles. The molecule has 0 aliphatic carbocycles. The summed E-state index contributed by atoms with van der Waals surface area (Å²) in [6, 6.07) is 0. The summed E-state index contributed by atoms with van der Waals surface area (Å²) in [6.07, 6.45) is 2.30. The van der Waals surface area contributed by atoms with Crippen molar-refractivity contribution in [3.05, 3.63) is 11.4 Å². The number of aromatic nitrogens is 5. The third-order valence-corrected chi connectivity index (χ3v) is 3.92. The molecule has 0 radical (unpaired) electrons. The van der Waals surface area contributed by atoms with E-state index in [0.29, 0.717) is 18.2 Å². The maximum atomic E-state index is 11.9. The highest BCUT2D eigenvalue weighted by atomic mass is 16.6. The number of nitrogen functional groups attached to an aromatic ring is 2. The molecule has 0 spiro atoms. The summed E-state index contributed by atoms with van der Waals surface area (Å²) in [5.74, 6) is 5.57. The lowest BCUT2D eigenvalue weighted by molar-refractivity contribution is 0.0945. The van der Waals surface area contributed by atoms with Gasteiger partial charge in [-0.3, -0.25) is 15.1 Å². The lowest BCUT2D eigenvalue weighted by Crippen LogP contribution is -2.36. The Balaban J connectivity index is 1.96. The highest BCUT2D eigenvalue weighted by molar-refractivity contribution is 5.92. The third-order valence-electron chi connectivity index (χ3n) is 3.92. The van der Waals surface area contributed by atoms with Gasteiger partial charge in [0.1, 0.15) is 0 Å². The zero-order valence-corrected chi connectivity index (χ0v) is 12.8. The van der Waals surface area contributed by atoms with Gasteiger partial charge in [-0.2, -0.15) is 4.68 Å². The molecular formula is C12H19N9O2. The molecule has 1 aliphatic heterocycles. The van der Waals surface area contributed by atoms with E-state index in [1.807, 2.05) is 0 Å². The van der Waals surface area contributed by atoms with Gasteiger partial charge in [0.15, 0.2) is 5.69 Å². The summed E-state index contributed by atoms with van der Waals surface area (Å²) in [4.78, 5) is 14.2. The number of anilines is 1. The van der Waals surface area contributed by atoms with Gasteiger partial charge in [-0.15, -0.1) is 5.10 Å². The first-order chi connectivity index (χ1) is 11.1. The van der Waals surface area contributed by atoms with Crippen LogP contribution in [0.15, 0.2) is 4.63 Å². The fourth-order valence-electron chi connectivity index (χ4n) is 2.84. The summed E-state index contributed by atoms with van der Waals surface area (Å²) in [5, 5.41) is 15.1. The lowest BCUT2D eigenvalue weighted by Gasteiger charge is -2.30. The fourth-order valence-corrected chi connectivity index (χ4v) is 2.84. The predicted molar refractivity (Wildman–Crippen MR) is 79.0 cm³/mol. The van der Waals surface area contributed by atoms with Gasteiger partial charge in [0.05, 0.1) is 5.69 Å². The molecule has 124 valence electrons. The number of hydrogen-bond donors (Lipinski definition) is 3. The van der Waals surface area contributed by atoms with Crippen LogP contribution in [0, 0.1) is 5.92 Å². The van der Waals surface area contributed by atoms with Crippen molar-refractivity contribution in [1.82, 2.24) is 35.6 Å². The van der Waals surface area contributed by atoms with E-state index in [9.17, 15) is 4.79 Å². The van der Waals surface area contributed by atoms with Crippen LogP contribution in [0.4, 0.5) is 5.82 Å². The van der Waals surface area contributed by atoms with Gasteiger partial charge in [0.2, 0.25) is 11.6 Å². The number of piperidine rings is 1. The van der Waals surface area contributed by atoms with E-state index in [1.165, 1.54) is 11.1 Å². The minimum Gasteiger partial charge on any atom is -0.378 e. The van der Waals surface area contributed by atoms with Gasteiger partial charge in [-0.25, -0.2) is 10.5 Å². The van der Waals surface area contributed by atoms with E-state index < -0.39 is 5.91 Å². The Morgan fingerprint density at radius 3 is 2.96 bits per heavy atom. The second-order valence-electron chi connectivity index (χ2n) is 5.73. The normalized spacial score (nSPS) is 19.0. The molecule has 1 amide bonds. The molecule has 1 unspecified atom stereocenters. The lowest BCUT2D eigenvalue weighted by atomic mass is 10.00. The smallest absolute Gasteiger partial charge is 0.287 e. The summed E-state index contributed by atoms with van der Waals surface area (Å²) in [5.41, 5.74) is 8.47. The number of nitrogens with one attached hydrogen (secondary N) is 1. The average molecular weight is 321 g/mol. The largest absolute Gasteiger partial charge is 0.378 e. The molecule has 0 bridgehead atoms. The summed E-state index contributed by atoms with van der Waals surface area (Å²) in [7, 11) is 0. The van der Waals surface area contributed by atoms with Crippen LogP contribution < -0.4 is 17.0 Å². The molecule has 2 aromatic rings. The molecule has 1 fully saturated rings. The maximum absolute atomic E-state index is 11.9. The van der Waals surface area contributed by atoms with Crippen molar-refractivity contribution in [1.29, 1.82) is 0 Å². The van der Waals surface area contributed by atoms with E-state index in [1.54, 1.807) is 0 Å². The Hall–Kier alpha value is -2.53. The van der Waals surface area contributed by atoms with Gasteiger partial charge in [-0.1, -0.05) is 12.1 Å². The Kier molecular flexibility index (Phi) is 4.21. The first-order valence-corrected chi connectivity index (χ1v) is 7.36. The minimum atomic E-state index is -0.522. The molecule has 3 heterocycles. The zero-order valence-electron chi connectivity index (χ0n) is 12.8. The Labute approximate surface area is 131 Å². The highest BCUT2D eigenvalue weighted by Crippen LogP contribution is 2.21. The molecule has 0 saturated carbocycles. The summed E-state index contributed by atoms with van der Waals surface area (Å²) >= 11 is 0. The summed E-state index contributed by atoms with van der Waals surface area (Å²) < 4.78 is 5.98. The third kappa shape index (κ3) is 3.00. The second-order valence-corrected chi connectivity index (χ2v) is 5.73. The van der Waals surface area contributed by atoms with E-state index in [0.717, 1.165) is 19.5 Å². The molecule has 11 heteroatoms. The molecular weight excluding hydrogens is 302 g/mol. The molecule has 23 heavy (non-hydrogen) atoms. The van der Waals surface area contributed by atoms with Crippen molar-refractivity contribution in [2.45, 2.75) is 26.3 Å². The molecule has 11 nitrogen and oxygen atoms in total. The van der Waals surface area contributed by atoms with E-state index in [-0.39, 0.29) is 17.3 Å². The molecule has 3 rings (SSSR count). The standard InChI is InChI=1S/C12H19N9O2/c1-7-3-2-4-20(5-7)6-8-9(12(22)15-14)16-19-21(8)11-10(13)17-23-18-11/h7H,2-6,14H2,1H3,(H2,13,17)(H,15,22). The quantitative estimate of drug-likeness (QED) is 0.368. The van der Waals surface area contributed by atoms with Crippen molar-refractivity contribution >= 4 is 11.7 Å². The van der Waals surface area contributed by atoms with Crippen LogP contribution >= 0.6 is 0 Å². The van der Waals surface area contributed by atoms with Crippen LogP contribution in [0.3, 0.4) is 0 Å². The summed E-state index contributed by atoms with van der Waals surface area (Å²) in [6.45, 7) is 4.55. The van der Waals surface area contributed by atoms with Crippen molar-refractivity contribution in [2.24, 2.45) is 11.8 Å². The van der Waals surface area contributed by atoms with Crippen LogP contribution in [0.25, 0.3) is 5.82 Å². The topological polar surface area (TPSA) is 154 Å². The van der Waals surface area contributed by atoms with Crippen LogP contribution in [0.5, 0.6) is 0 Å². The predicted octanol–water partition coefficient (Wildman–Crippen LogP) is -0.932. The Bertz CT molecular complexity index is 695. The van der Waals surface area contributed by atoms with Crippen LogP contribution in [0.1, 0.15) is 35.9 Å². The van der Waals surface area contributed by atoms with Crippen molar-refractivity contribution in [3.8, 4) is 5.82 Å². The van der Waals surface area contributed by atoms with Crippen molar-refractivity contribution in [2.75, 3.05) is 18.8 Å². The van der Waals surface area contributed by atoms with Gasteiger partial charge in [0.25, 0.3) is 5.91 Å². The SMILES string of the molecule is CC1CCCN(Cc2c(C(=O)NN)nnn2-c2nonc2N)C1. The molecule has 2 aromatic heterocycles. The molecule has 1 aliphatic rings. The van der Waals surface area contributed by atoms with Crippen LogP contribution in [-0.4, -0.2) is 49.2 Å². The second kappa shape index (κ2) is 6.30. The molecule has 1 saturated heterocycles. The van der Waals surface area contributed by atoms with Gasteiger partial charge < -0.3 is 5.73 Å². The maximum Gasteiger partial charge on any atom is 0.287 e. The number of hydrazine groups is 1. The number of carbonyl (C=O) groups excluding carboxylic acids is 1. The highest BCUT2D eigenvalue weighted by Gasteiger charge is 2.26. The number of likely N-dealkylation sites (tertiary alicyclic amines) is 1. The first-order valence-electron chi connectivity index (χ1n) is 7.36. The van der Waals surface area contributed by atoms with Crippen LogP contribution in [0.2, 0.25) is 0 Å². The van der Waals surface area contributed by atoms with Gasteiger partial charge >= 0.3 is 0 Å². The fraction of sp³-hybridized carbons (Fsp3) is 0.583. The minimum absolute atomic E-state index is 0.0721. The number of carbonyl (C=O) groups is 1. The van der Waals surface area contributed by atoms with Gasteiger partial charge in [0, 0.05) is 13.1 Å². The van der Waals surface area contributed by atoms with Gasteiger partial charge in [-0.05, 0) is 35.6 Å². The van der Waals surface area contributed by atoms with E-state index >= 15 is 0 Å².